The van der Waals surface area contributed by atoms with Crippen LogP contribution in [0.15, 0.2) is 45.6 Å². The number of hydrogen-bond acceptors (Lipinski definition) is 3. The second kappa shape index (κ2) is 4.87. The summed E-state index contributed by atoms with van der Waals surface area (Å²) in [6.45, 7) is 3.32. The molecule has 1 heterocycles. The fourth-order valence-electron chi connectivity index (χ4n) is 1.81. The molecule has 0 aliphatic heterocycles. The molecule has 18 heavy (non-hydrogen) atoms. The Balaban J connectivity index is 2.33. The summed E-state index contributed by atoms with van der Waals surface area (Å²) in [5.41, 5.74) is 1.27. The minimum Gasteiger partial charge on any atom is -0.427 e. The van der Waals surface area contributed by atoms with E-state index in [9.17, 15) is 9.59 Å². The molecule has 0 aliphatic rings. The summed E-state index contributed by atoms with van der Waals surface area (Å²) >= 11 is 0. The van der Waals surface area contributed by atoms with Crippen molar-refractivity contribution in [2.24, 2.45) is 0 Å². The number of amides is 1. The lowest BCUT2D eigenvalue weighted by Gasteiger charge is -2.08. The van der Waals surface area contributed by atoms with Gasteiger partial charge in [0.25, 0.3) is 5.91 Å². The van der Waals surface area contributed by atoms with E-state index in [-0.39, 0.29) is 5.91 Å². The molecule has 1 aromatic carbocycles. The van der Waals surface area contributed by atoms with Gasteiger partial charge in [0.1, 0.15) is 5.76 Å². The van der Waals surface area contributed by atoms with Crippen LogP contribution in [0.1, 0.15) is 21.7 Å². The molecule has 1 N–H and O–H groups in total. The maximum absolute atomic E-state index is 12.1. The molecule has 0 aliphatic carbocycles. The predicted molar refractivity (Wildman–Crippen MR) is 68.8 cm³/mol. The first-order valence-electron chi connectivity index (χ1n) is 5.55. The summed E-state index contributed by atoms with van der Waals surface area (Å²) in [5.74, 6) is 0.0494. The molecule has 2 rings (SSSR count). The van der Waals surface area contributed by atoms with Crippen LogP contribution >= 0.6 is 0 Å². The first kappa shape index (κ1) is 12.1. The minimum atomic E-state index is -0.443. The Morgan fingerprint density at radius 2 is 1.83 bits per heavy atom. The van der Waals surface area contributed by atoms with Crippen LogP contribution in [0.3, 0.4) is 0 Å². The summed E-state index contributed by atoms with van der Waals surface area (Å²) < 4.78 is 4.93. The third-order valence-electron chi connectivity index (χ3n) is 2.59. The largest absolute Gasteiger partial charge is 0.427 e. The van der Waals surface area contributed by atoms with Gasteiger partial charge in [-0.2, -0.15) is 0 Å². The molecule has 0 atom stereocenters. The topological polar surface area (TPSA) is 59.3 Å². The molecular weight excluding hydrogens is 230 g/mol. The van der Waals surface area contributed by atoms with Crippen molar-refractivity contribution in [3.05, 3.63) is 63.7 Å². The van der Waals surface area contributed by atoms with E-state index >= 15 is 0 Å². The zero-order valence-corrected chi connectivity index (χ0v) is 10.2. The Hall–Kier alpha value is -2.36. The standard InChI is InChI=1S/C14H13NO3/c1-9-8-12(16)18-10(2)13(9)14(17)15-11-6-4-3-5-7-11/h3-8H,1-2H3,(H,15,17). The van der Waals surface area contributed by atoms with Crippen LogP contribution < -0.4 is 10.9 Å². The van der Waals surface area contributed by atoms with E-state index in [1.54, 1.807) is 26.0 Å². The van der Waals surface area contributed by atoms with Crippen molar-refractivity contribution in [2.75, 3.05) is 5.32 Å². The van der Waals surface area contributed by atoms with Crippen molar-refractivity contribution in [3.8, 4) is 0 Å². The zero-order valence-electron chi connectivity index (χ0n) is 10.2. The Morgan fingerprint density at radius 1 is 1.17 bits per heavy atom. The monoisotopic (exact) mass is 243 g/mol. The number of nitrogens with one attached hydrogen (secondary N) is 1. The third kappa shape index (κ3) is 2.48. The normalized spacial score (nSPS) is 10.1. The predicted octanol–water partition coefficient (Wildman–Crippen LogP) is 2.51. The van der Waals surface area contributed by atoms with E-state index in [4.69, 9.17) is 4.42 Å². The second-order valence-corrected chi connectivity index (χ2v) is 4.00. The van der Waals surface area contributed by atoms with Crippen LogP contribution in [-0.4, -0.2) is 5.91 Å². The smallest absolute Gasteiger partial charge is 0.336 e. The molecule has 0 unspecified atom stereocenters. The average Bonchev–Trinajstić information content (AvgIpc) is 2.28. The van der Waals surface area contributed by atoms with Crippen LogP contribution in [0, 0.1) is 13.8 Å². The van der Waals surface area contributed by atoms with Gasteiger partial charge in [-0.15, -0.1) is 0 Å². The number of anilines is 1. The van der Waals surface area contributed by atoms with Gasteiger partial charge in [-0.3, -0.25) is 4.79 Å². The Morgan fingerprint density at radius 3 is 2.44 bits per heavy atom. The molecule has 0 radical (unpaired) electrons. The quantitative estimate of drug-likeness (QED) is 0.881. The van der Waals surface area contributed by atoms with Gasteiger partial charge in [-0.1, -0.05) is 18.2 Å². The Labute approximate surface area is 104 Å². The number of aryl methyl sites for hydroxylation is 2. The molecule has 4 nitrogen and oxygen atoms in total. The molecule has 0 fully saturated rings. The highest BCUT2D eigenvalue weighted by molar-refractivity contribution is 6.05. The summed E-state index contributed by atoms with van der Waals surface area (Å²) in [5, 5.41) is 2.76. The molecule has 0 saturated heterocycles. The molecule has 4 heteroatoms. The first-order chi connectivity index (χ1) is 8.58. The zero-order chi connectivity index (χ0) is 13.1. The second-order valence-electron chi connectivity index (χ2n) is 4.00. The lowest BCUT2D eigenvalue weighted by Crippen LogP contribution is -2.17. The van der Waals surface area contributed by atoms with Gasteiger partial charge >= 0.3 is 5.63 Å². The summed E-state index contributed by atoms with van der Waals surface area (Å²) in [4.78, 5) is 23.2. The van der Waals surface area contributed by atoms with Crippen molar-refractivity contribution in [3.63, 3.8) is 0 Å². The highest BCUT2D eigenvalue weighted by atomic mass is 16.4. The highest BCUT2D eigenvalue weighted by Gasteiger charge is 2.15. The van der Waals surface area contributed by atoms with Gasteiger partial charge in [-0.05, 0) is 31.5 Å². The molecule has 0 spiro atoms. The summed E-state index contributed by atoms with van der Waals surface area (Å²) in [6, 6.07) is 10.4. The van der Waals surface area contributed by atoms with Crippen LogP contribution in [0.2, 0.25) is 0 Å². The molecule has 2 aromatic rings. The van der Waals surface area contributed by atoms with E-state index in [0.29, 0.717) is 22.6 Å². The van der Waals surface area contributed by atoms with E-state index in [2.05, 4.69) is 5.32 Å². The van der Waals surface area contributed by atoms with Crippen LogP contribution in [0.4, 0.5) is 5.69 Å². The summed E-state index contributed by atoms with van der Waals surface area (Å²) in [6.07, 6.45) is 0. The van der Waals surface area contributed by atoms with E-state index in [1.165, 1.54) is 6.07 Å². The number of rotatable bonds is 2. The van der Waals surface area contributed by atoms with Gasteiger partial charge in [0, 0.05) is 11.8 Å². The minimum absolute atomic E-state index is 0.278. The number of hydrogen-bond donors (Lipinski definition) is 1. The average molecular weight is 243 g/mol. The first-order valence-corrected chi connectivity index (χ1v) is 5.55. The van der Waals surface area contributed by atoms with Crippen molar-refractivity contribution in [1.82, 2.24) is 0 Å². The molecule has 1 amide bonds. The van der Waals surface area contributed by atoms with Gasteiger partial charge in [0.15, 0.2) is 0 Å². The fraction of sp³-hybridized carbons (Fsp3) is 0.143. The van der Waals surface area contributed by atoms with E-state index < -0.39 is 5.63 Å². The van der Waals surface area contributed by atoms with Crippen molar-refractivity contribution in [2.45, 2.75) is 13.8 Å². The van der Waals surface area contributed by atoms with Crippen molar-refractivity contribution in [1.29, 1.82) is 0 Å². The van der Waals surface area contributed by atoms with Gasteiger partial charge in [-0.25, -0.2) is 4.79 Å². The van der Waals surface area contributed by atoms with E-state index in [0.717, 1.165) is 0 Å². The number of para-hydroxylation sites is 1. The Bertz CT molecular complexity index is 603. The Kier molecular flexibility index (Phi) is 3.28. The third-order valence-corrected chi connectivity index (χ3v) is 2.59. The lowest BCUT2D eigenvalue weighted by atomic mass is 10.1. The molecule has 0 bridgehead atoms. The lowest BCUT2D eigenvalue weighted by molar-refractivity contribution is 0.102. The van der Waals surface area contributed by atoms with Crippen LogP contribution in [0.25, 0.3) is 0 Å². The van der Waals surface area contributed by atoms with Crippen LogP contribution in [0.5, 0.6) is 0 Å². The fourth-order valence-corrected chi connectivity index (χ4v) is 1.81. The number of carbonyl (C=O) groups excluding carboxylic acids is 1. The highest BCUT2D eigenvalue weighted by Crippen LogP contribution is 2.14. The number of carbonyl (C=O) groups is 1. The summed E-state index contributed by atoms with van der Waals surface area (Å²) in [7, 11) is 0. The maximum Gasteiger partial charge on any atom is 0.336 e. The van der Waals surface area contributed by atoms with Crippen molar-refractivity contribution < 1.29 is 9.21 Å². The van der Waals surface area contributed by atoms with Crippen molar-refractivity contribution >= 4 is 11.6 Å². The molecule has 0 saturated carbocycles. The van der Waals surface area contributed by atoms with Gasteiger partial charge in [0.05, 0.1) is 5.56 Å². The van der Waals surface area contributed by atoms with Gasteiger partial charge in [0.2, 0.25) is 0 Å². The molecular formula is C14H13NO3. The maximum atomic E-state index is 12.1. The van der Waals surface area contributed by atoms with Crippen LogP contribution in [-0.2, 0) is 0 Å². The molecule has 1 aromatic heterocycles. The van der Waals surface area contributed by atoms with Gasteiger partial charge < -0.3 is 9.73 Å². The molecule has 92 valence electrons. The SMILES string of the molecule is Cc1cc(=O)oc(C)c1C(=O)Nc1ccccc1. The van der Waals surface area contributed by atoms with E-state index in [1.807, 2.05) is 18.2 Å². The number of benzene rings is 1.